The topological polar surface area (TPSA) is 0 Å². The first-order valence-electron chi connectivity index (χ1n) is 28.8. The zero-order valence-corrected chi connectivity index (χ0v) is 88.1. The van der Waals surface area contributed by atoms with Crippen LogP contribution in [0, 0.1) is 200 Å². The van der Waals surface area contributed by atoms with Gasteiger partial charge in [-0.2, -0.15) is 0 Å². The van der Waals surface area contributed by atoms with E-state index in [1.165, 1.54) is 145 Å². The number of aryl methyl sites for hydroxylation is 16. The van der Waals surface area contributed by atoms with Crippen LogP contribution in [0.2, 0.25) is 0 Å². The summed E-state index contributed by atoms with van der Waals surface area (Å²) in [5.74, 6) is 4.56. The molecule has 9 rings (SSSR count). The minimum Gasteiger partial charge on any atom is -0.358 e. The van der Waals surface area contributed by atoms with Crippen molar-refractivity contribution in [3.63, 3.8) is 0 Å². The van der Waals surface area contributed by atoms with Gasteiger partial charge in [0.15, 0.2) is 7.28 Å². The van der Waals surface area contributed by atoms with E-state index >= 15 is 0 Å². The number of allylic oxidation sites excluding steroid dienone is 6. The Labute approximate surface area is 783 Å². The molecule has 7 aromatic rings. The first-order chi connectivity index (χ1) is 36.1. The van der Waals surface area contributed by atoms with Crippen LogP contribution in [0.4, 0.5) is 0 Å². The van der Waals surface area contributed by atoms with Gasteiger partial charge in [0, 0.05) is 268 Å². The van der Waals surface area contributed by atoms with Gasteiger partial charge in [-0.3, -0.25) is 0 Å². The SMILES string of the molecule is C/C=C(\C)C1C=CC(C)=C(C)C1.CC1C(C)C(C)C1C.Cc1cc(C)c(C)cc1C.Cc1cc2cc(C)c(C)cc2cc1C.Cc1ccc(-c2ccc(C)c(C)c2)cc1C.Cc1ccc([B]c2ccc(C)c(C)c2)cc1C.[CH3-].[CH3-].[CH3-].[CH3-].[CH3-].[CH3-].[CH3-].[CH3-].[Y].[Y].[Y].[Y].[Y].[Y].[Y].[Y]. The molecule has 1 atom stereocenters. The molecule has 0 spiro atoms. The first kappa shape index (κ1) is 126. The molecule has 0 heterocycles. The van der Waals surface area contributed by atoms with Crippen molar-refractivity contribution in [3.05, 3.63) is 293 Å². The molecule has 0 bridgehead atoms. The molecule has 495 valence electrons. The Kier molecular flexibility index (Phi) is 84.2. The molecule has 1 fully saturated rings. The summed E-state index contributed by atoms with van der Waals surface area (Å²) in [6, 6.07) is 40.1. The van der Waals surface area contributed by atoms with Crippen molar-refractivity contribution in [2.45, 2.75) is 173 Å². The number of hydrogen-bond acceptors (Lipinski definition) is 0. The van der Waals surface area contributed by atoms with Crippen LogP contribution in [-0.2, 0) is 262 Å². The summed E-state index contributed by atoms with van der Waals surface area (Å²) in [5.41, 5.74) is 31.5. The van der Waals surface area contributed by atoms with Gasteiger partial charge in [-0.25, -0.2) is 0 Å². The number of rotatable bonds is 4. The molecule has 93 heavy (non-hydrogen) atoms. The van der Waals surface area contributed by atoms with Gasteiger partial charge in [-0.15, -0.1) is 0 Å². The van der Waals surface area contributed by atoms with Crippen molar-refractivity contribution in [2.24, 2.45) is 29.6 Å². The van der Waals surface area contributed by atoms with Gasteiger partial charge in [0.05, 0.1) is 0 Å². The summed E-state index contributed by atoms with van der Waals surface area (Å²) in [6.45, 7) is 52.7. The molecule has 1 saturated carbocycles. The van der Waals surface area contributed by atoms with E-state index in [4.69, 9.17) is 0 Å². The van der Waals surface area contributed by atoms with Crippen LogP contribution in [0.25, 0.3) is 21.9 Å². The first-order valence-corrected chi connectivity index (χ1v) is 28.8. The van der Waals surface area contributed by atoms with Gasteiger partial charge in [0.2, 0.25) is 0 Å². The van der Waals surface area contributed by atoms with Crippen LogP contribution in [0.3, 0.4) is 0 Å². The predicted octanol–water partition coefficient (Wildman–Crippen LogP) is 24.1. The third-order valence-corrected chi connectivity index (χ3v) is 18.1. The van der Waals surface area contributed by atoms with Crippen molar-refractivity contribution in [1.82, 2.24) is 0 Å². The smallest absolute Gasteiger partial charge is 0.191 e. The average molecular weight is 1860 g/mol. The normalized spacial score (nSPS) is 14.4. The summed E-state index contributed by atoms with van der Waals surface area (Å²) in [6.07, 6.45) is 7.98. The van der Waals surface area contributed by atoms with Crippen molar-refractivity contribution in [1.29, 1.82) is 0 Å². The zero-order valence-electron chi connectivity index (χ0n) is 65.4. The summed E-state index contributed by atoms with van der Waals surface area (Å²) in [5, 5.41) is 2.72. The second kappa shape index (κ2) is 62.3. The maximum absolute atomic E-state index is 2.36. The molecular weight excluding hydrogens is 1730 g/mol. The van der Waals surface area contributed by atoms with Crippen LogP contribution in [-0.4, -0.2) is 7.28 Å². The Morgan fingerprint density at radius 3 is 0.796 bits per heavy atom. The van der Waals surface area contributed by atoms with Crippen LogP contribution in [0.1, 0.15) is 151 Å². The second-order valence-corrected chi connectivity index (χ2v) is 23.8. The molecule has 9 radical (unpaired) electrons. The average Bonchev–Trinajstić information content (AvgIpc) is 3.39. The molecule has 0 aliphatic heterocycles. The van der Waals surface area contributed by atoms with E-state index < -0.39 is 0 Å². The summed E-state index contributed by atoms with van der Waals surface area (Å²) < 4.78 is 0. The fraction of sp³-hybridized carbons (Fsp3) is 0.357. The Balaban J connectivity index is -0.0000000735. The summed E-state index contributed by atoms with van der Waals surface area (Å²) >= 11 is 0. The minimum absolute atomic E-state index is 0. The molecule has 2 aliphatic rings. The zero-order chi connectivity index (χ0) is 57.6. The number of hydrogen-bond donors (Lipinski definition) is 0. The quantitative estimate of drug-likeness (QED) is 0.0936. The maximum Gasteiger partial charge on any atom is 0.191 e. The summed E-state index contributed by atoms with van der Waals surface area (Å²) in [7, 11) is 2.24. The Bertz CT molecular complexity index is 2970. The van der Waals surface area contributed by atoms with Crippen LogP contribution in [0.5, 0.6) is 0 Å². The van der Waals surface area contributed by atoms with Crippen LogP contribution >= 0.6 is 0 Å². The fourth-order valence-electron chi connectivity index (χ4n) is 9.91. The molecule has 0 saturated heterocycles. The van der Waals surface area contributed by atoms with Gasteiger partial charge < -0.3 is 59.4 Å². The molecule has 7 aromatic carbocycles. The van der Waals surface area contributed by atoms with E-state index in [0.29, 0.717) is 5.92 Å². The second-order valence-electron chi connectivity index (χ2n) is 23.8. The third kappa shape index (κ3) is 40.7. The van der Waals surface area contributed by atoms with E-state index in [1.807, 2.05) is 0 Å². The molecular formula is C84H124BY8-8. The predicted molar refractivity (Wildman–Crippen MR) is 399 cm³/mol. The van der Waals surface area contributed by atoms with E-state index in [-0.39, 0.29) is 321 Å². The van der Waals surface area contributed by atoms with Crippen molar-refractivity contribution in [3.8, 4) is 11.1 Å². The van der Waals surface area contributed by atoms with E-state index in [0.717, 1.165) is 23.7 Å². The number of benzene rings is 7. The molecule has 2 aliphatic carbocycles. The van der Waals surface area contributed by atoms with Crippen LogP contribution < -0.4 is 10.9 Å². The molecule has 1 unspecified atom stereocenters. The minimum atomic E-state index is 0. The van der Waals surface area contributed by atoms with Crippen molar-refractivity contribution < 1.29 is 262 Å². The Hall–Kier alpha value is 2.92. The van der Waals surface area contributed by atoms with Crippen molar-refractivity contribution >= 4 is 29.0 Å². The van der Waals surface area contributed by atoms with Gasteiger partial charge in [0.25, 0.3) is 0 Å². The molecule has 0 N–H and O–H groups in total. The Morgan fingerprint density at radius 1 is 0.323 bits per heavy atom. The van der Waals surface area contributed by atoms with Crippen molar-refractivity contribution in [2.75, 3.05) is 0 Å². The fourth-order valence-corrected chi connectivity index (χ4v) is 9.91. The number of fused-ring (bicyclic) bond motifs is 1. The molecule has 9 heteroatoms. The summed E-state index contributed by atoms with van der Waals surface area (Å²) in [4.78, 5) is 0. The maximum atomic E-state index is 2.36. The monoisotopic (exact) mass is 1860 g/mol. The Morgan fingerprint density at radius 2 is 0.559 bits per heavy atom. The van der Waals surface area contributed by atoms with Gasteiger partial charge >= 0.3 is 0 Å². The third-order valence-electron chi connectivity index (χ3n) is 18.1. The van der Waals surface area contributed by atoms with Crippen LogP contribution in [0.15, 0.2) is 144 Å². The largest absolute Gasteiger partial charge is 0.358 e. The van der Waals surface area contributed by atoms with Gasteiger partial charge in [0.1, 0.15) is 0 Å². The van der Waals surface area contributed by atoms with Gasteiger partial charge in [-0.05, 0) is 279 Å². The standard InChI is InChI=1S/C16H18B.C16H18.C14H16.C12H18.C10H14.C8H16.8CH3.8Y/c1-11-5-7-15(9-13(11)3)17-16-8-6-12(2)14(4)10-16;1-11-5-7-15(9-13(11)3)16-8-6-12(2)14(4)10-16;1-9-5-13-7-11(3)12(4)8-14(13)6-10(9)2;1-5-9(2)12-7-6-10(3)11(4)8-12;1-7-5-9(3)10(4)6-8(7)2;1-5-6(2)8(4)7(5)3;;;;;;;;;;;;;;;;/h5-10H,1-4H3;5-10H,1-4H3;5-8H,1-4H3;5-7,12H,8H2,1-4H3;5-6H,1-4H3;5-8H,1-4H3;8*1H3;;;;;;;;/q;;;;;;8*-1;;;;;;;;/b;;;9-5+;;;;;;;;;;;;;;;;;;. The van der Waals surface area contributed by atoms with Gasteiger partial charge in [-0.1, -0.05) is 183 Å². The molecule has 0 nitrogen and oxygen atoms in total. The van der Waals surface area contributed by atoms with E-state index in [9.17, 15) is 0 Å². The van der Waals surface area contributed by atoms with E-state index in [1.54, 1.807) is 0 Å². The molecule has 0 amide bonds. The van der Waals surface area contributed by atoms with E-state index in [2.05, 4.69) is 301 Å². The molecule has 0 aromatic heterocycles.